The number of rotatable bonds is 5. The number of benzene rings is 1. The largest absolute Gasteiger partial charge is 0.457 e. The van der Waals surface area contributed by atoms with Gasteiger partial charge in [0.15, 0.2) is 0 Å². The van der Waals surface area contributed by atoms with Crippen LogP contribution in [0.3, 0.4) is 0 Å². The number of ether oxygens (including phenoxy) is 1. The van der Waals surface area contributed by atoms with Gasteiger partial charge in [-0.2, -0.15) is 0 Å². The van der Waals surface area contributed by atoms with Gasteiger partial charge in [-0.3, -0.25) is 0 Å². The van der Waals surface area contributed by atoms with Gasteiger partial charge >= 0.3 is 6.01 Å². The standard InChI is InChI=1S/C16H14F3N5O.C2H6/c1-9-6-20-16(21-7-9)25-8-14-10(2)24(23-22-14)11-3-4-13(17)12(5-11)15(18)19;1-2/h3-7,15H,8H2,1-2H3;1-2H3. The molecular formula is C18H20F3N5O. The first kappa shape index (κ1) is 20.3. The van der Waals surface area contributed by atoms with Gasteiger partial charge in [0.2, 0.25) is 0 Å². The number of hydrogen-bond donors (Lipinski definition) is 0. The van der Waals surface area contributed by atoms with Gasteiger partial charge in [0.1, 0.15) is 18.1 Å². The van der Waals surface area contributed by atoms with Crippen molar-refractivity contribution in [1.82, 2.24) is 25.0 Å². The lowest BCUT2D eigenvalue weighted by molar-refractivity contribution is 0.146. The number of aromatic nitrogens is 5. The Labute approximate surface area is 155 Å². The second-order valence-corrected chi connectivity index (χ2v) is 5.37. The molecule has 0 aliphatic rings. The summed E-state index contributed by atoms with van der Waals surface area (Å²) in [5.74, 6) is -0.961. The Morgan fingerprint density at radius 1 is 1.11 bits per heavy atom. The maximum absolute atomic E-state index is 13.4. The minimum absolute atomic E-state index is 0.0673. The number of nitrogens with zero attached hydrogens (tertiary/aromatic N) is 5. The van der Waals surface area contributed by atoms with Crippen LogP contribution in [-0.4, -0.2) is 25.0 Å². The third kappa shape index (κ3) is 4.81. The quantitative estimate of drug-likeness (QED) is 0.659. The Hall–Kier alpha value is -2.97. The SMILES string of the molecule is CC.Cc1cnc(OCc2nnn(-c3ccc(F)c(C(F)F)c3)c2C)nc1. The van der Waals surface area contributed by atoms with E-state index in [1.807, 2.05) is 20.8 Å². The van der Waals surface area contributed by atoms with Gasteiger partial charge in [0.05, 0.1) is 16.9 Å². The second-order valence-electron chi connectivity index (χ2n) is 5.37. The van der Waals surface area contributed by atoms with Crippen LogP contribution in [0.15, 0.2) is 30.6 Å². The van der Waals surface area contributed by atoms with E-state index in [0.717, 1.165) is 17.7 Å². The first-order valence-electron chi connectivity index (χ1n) is 8.36. The highest BCUT2D eigenvalue weighted by Gasteiger charge is 2.17. The van der Waals surface area contributed by atoms with Crippen molar-refractivity contribution in [3.05, 3.63) is 58.9 Å². The monoisotopic (exact) mass is 379 g/mol. The summed E-state index contributed by atoms with van der Waals surface area (Å²) in [6, 6.07) is 3.58. The molecule has 1 aromatic carbocycles. The van der Waals surface area contributed by atoms with Crippen molar-refractivity contribution in [2.24, 2.45) is 0 Å². The Kier molecular flexibility index (Phi) is 6.86. The maximum atomic E-state index is 13.4. The molecule has 9 heteroatoms. The molecule has 6 nitrogen and oxygen atoms in total. The molecule has 144 valence electrons. The van der Waals surface area contributed by atoms with Crippen LogP contribution in [0.25, 0.3) is 5.69 Å². The Bertz CT molecular complexity index is 881. The van der Waals surface area contributed by atoms with Crippen molar-refractivity contribution in [2.75, 3.05) is 0 Å². The molecule has 0 amide bonds. The molecule has 0 fully saturated rings. The molecule has 3 rings (SSSR count). The van der Waals surface area contributed by atoms with Crippen LogP contribution < -0.4 is 4.74 Å². The highest BCUT2D eigenvalue weighted by atomic mass is 19.3. The molecule has 0 bridgehead atoms. The first-order valence-corrected chi connectivity index (χ1v) is 8.36. The fraction of sp³-hybridized carbons (Fsp3) is 0.333. The molecule has 0 aliphatic carbocycles. The number of hydrogen-bond acceptors (Lipinski definition) is 5. The summed E-state index contributed by atoms with van der Waals surface area (Å²) in [7, 11) is 0. The van der Waals surface area contributed by atoms with Crippen LogP contribution in [0.4, 0.5) is 13.2 Å². The Morgan fingerprint density at radius 3 is 2.41 bits per heavy atom. The summed E-state index contributed by atoms with van der Waals surface area (Å²) < 4.78 is 45.9. The minimum atomic E-state index is -2.91. The van der Waals surface area contributed by atoms with Crippen LogP contribution in [0, 0.1) is 19.7 Å². The van der Waals surface area contributed by atoms with Gasteiger partial charge in [-0.15, -0.1) is 5.10 Å². The summed E-state index contributed by atoms with van der Waals surface area (Å²) in [6.45, 7) is 7.63. The second kappa shape index (κ2) is 9.11. The molecule has 0 spiro atoms. The van der Waals surface area contributed by atoms with Crippen LogP contribution in [0.1, 0.15) is 42.8 Å². The lowest BCUT2D eigenvalue weighted by atomic mass is 10.2. The molecule has 0 saturated carbocycles. The molecule has 2 heterocycles. The smallest absolute Gasteiger partial charge is 0.316 e. The minimum Gasteiger partial charge on any atom is -0.457 e. The molecule has 27 heavy (non-hydrogen) atoms. The van der Waals surface area contributed by atoms with E-state index in [1.165, 1.54) is 10.7 Å². The molecule has 0 radical (unpaired) electrons. The predicted molar refractivity (Wildman–Crippen MR) is 93.5 cm³/mol. The summed E-state index contributed by atoms with van der Waals surface area (Å²) in [4.78, 5) is 8.03. The average molecular weight is 379 g/mol. The molecular weight excluding hydrogens is 359 g/mol. The van der Waals surface area contributed by atoms with Crippen molar-refractivity contribution in [1.29, 1.82) is 0 Å². The average Bonchev–Trinajstić information content (AvgIpc) is 3.04. The summed E-state index contributed by atoms with van der Waals surface area (Å²) >= 11 is 0. The Morgan fingerprint density at radius 2 is 1.78 bits per heavy atom. The zero-order valence-corrected chi connectivity index (χ0v) is 15.4. The summed E-state index contributed by atoms with van der Waals surface area (Å²) in [5, 5.41) is 7.89. The fourth-order valence-electron chi connectivity index (χ4n) is 2.16. The molecule has 0 unspecified atom stereocenters. The van der Waals surface area contributed by atoms with Gasteiger partial charge in [-0.1, -0.05) is 19.1 Å². The van der Waals surface area contributed by atoms with E-state index in [-0.39, 0.29) is 12.6 Å². The predicted octanol–water partition coefficient (Wildman–Crippen LogP) is 4.36. The first-order chi connectivity index (χ1) is 13.0. The third-order valence-corrected chi connectivity index (χ3v) is 3.54. The van der Waals surface area contributed by atoms with Gasteiger partial charge in [-0.25, -0.2) is 27.8 Å². The lowest BCUT2D eigenvalue weighted by Crippen LogP contribution is -2.04. The van der Waals surface area contributed by atoms with E-state index in [2.05, 4.69) is 20.3 Å². The lowest BCUT2D eigenvalue weighted by Gasteiger charge is -2.08. The van der Waals surface area contributed by atoms with Crippen LogP contribution in [0.2, 0.25) is 0 Å². The van der Waals surface area contributed by atoms with Crippen molar-refractivity contribution in [2.45, 2.75) is 40.7 Å². The number of alkyl halides is 2. The fourth-order valence-corrected chi connectivity index (χ4v) is 2.16. The normalized spacial score (nSPS) is 10.5. The topological polar surface area (TPSA) is 65.7 Å². The van der Waals surface area contributed by atoms with Crippen molar-refractivity contribution in [3.8, 4) is 11.7 Å². The van der Waals surface area contributed by atoms with Gasteiger partial charge < -0.3 is 4.74 Å². The van der Waals surface area contributed by atoms with Crippen LogP contribution >= 0.6 is 0 Å². The van der Waals surface area contributed by atoms with Crippen molar-refractivity contribution in [3.63, 3.8) is 0 Å². The zero-order chi connectivity index (χ0) is 20.0. The number of aryl methyl sites for hydroxylation is 1. The van der Waals surface area contributed by atoms with E-state index >= 15 is 0 Å². The highest BCUT2D eigenvalue weighted by Crippen LogP contribution is 2.25. The molecule has 0 atom stereocenters. The van der Waals surface area contributed by atoms with Crippen LogP contribution in [-0.2, 0) is 6.61 Å². The van der Waals surface area contributed by atoms with Gasteiger partial charge in [-0.05, 0) is 37.6 Å². The van der Waals surface area contributed by atoms with Crippen molar-refractivity contribution < 1.29 is 17.9 Å². The zero-order valence-electron chi connectivity index (χ0n) is 15.4. The maximum Gasteiger partial charge on any atom is 0.316 e. The molecule has 0 saturated heterocycles. The van der Waals surface area contributed by atoms with Crippen molar-refractivity contribution >= 4 is 0 Å². The Balaban J connectivity index is 0.00000126. The summed E-state index contributed by atoms with van der Waals surface area (Å²) in [6.07, 6.45) is 0.331. The van der Waals surface area contributed by atoms with Gasteiger partial charge in [0.25, 0.3) is 6.43 Å². The van der Waals surface area contributed by atoms with E-state index in [1.54, 1.807) is 19.3 Å². The third-order valence-electron chi connectivity index (χ3n) is 3.54. The van der Waals surface area contributed by atoms with Gasteiger partial charge in [0, 0.05) is 12.4 Å². The molecule has 0 aliphatic heterocycles. The molecule has 3 aromatic rings. The molecule has 0 N–H and O–H groups in total. The van der Waals surface area contributed by atoms with E-state index in [4.69, 9.17) is 4.74 Å². The summed E-state index contributed by atoms with van der Waals surface area (Å²) in [5.41, 5.74) is 1.59. The van der Waals surface area contributed by atoms with E-state index in [9.17, 15) is 13.2 Å². The van der Waals surface area contributed by atoms with E-state index in [0.29, 0.717) is 17.1 Å². The number of halogens is 3. The highest BCUT2D eigenvalue weighted by molar-refractivity contribution is 5.38. The van der Waals surface area contributed by atoms with Crippen LogP contribution in [0.5, 0.6) is 6.01 Å². The van der Waals surface area contributed by atoms with E-state index < -0.39 is 17.8 Å². The molecule has 2 aromatic heterocycles.